The lowest BCUT2D eigenvalue weighted by Gasteiger charge is -2.32. The molecule has 0 N–H and O–H groups in total. The highest BCUT2D eigenvalue weighted by atomic mass is 16.2. The van der Waals surface area contributed by atoms with Gasteiger partial charge in [-0.2, -0.15) is 0 Å². The predicted octanol–water partition coefficient (Wildman–Crippen LogP) is 6.93. The maximum Gasteiger partial charge on any atom is 0.227 e. The van der Waals surface area contributed by atoms with E-state index in [2.05, 4.69) is 43.9 Å². The number of fused-ring (bicyclic) bond motifs is 1. The van der Waals surface area contributed by atoms with E-state index >= 15 is 0 Å². The molecule has 1 aromatic rings. The van der Waals surface area contributed by atoms with Crippen molar-refractivity contribution in [1.29, 1.82) is 0 Å². The van der Waals surface area contributed by atoms with Crippen molar-refractivity contribution in [2.75, 3.05) is 11.4 Å². The second-order valence-electron chi connectivity index (χ2n) is 9.43. The van der Waals surface area contributed by atoms with Crippen molar-refractivity contribution >= 4 is 11.6 Å². The third-order valence-electron chi connectivity index (χ3n) is 6.86. The van der Waals surface area contributed by atoms with Gasteiger partial charge in [-0.15, -0.1) is 0 Å². The summed E-state index contributed by atoms with van der Waals surface area (Å²) in [6, 6.07) is 6.73. The van der Waals surface area contributed by atoms with Gasteiger partial charge in [0.2, 0.25) is 5.91 Å². The molecule has 3 rings (SSSR count). The van der Waals surface area contributed by atoms with Gasteiger partial charge in [-0.3, -0.25) is 4.79 Å². The summed E-state index contributed by atoms with van der Waals surface area (Å²) in [7, 11) is 0. The van der Waals surface area contributed by atoms with Crippen molar-refractivity contribution < 1.29 is 4.79 Å². The fourth-order valence-corrected chi connectivity index (χ4v) is 5.33. The Morgan fingerprint density at radius 2 is 1.85 bits per heavy atom. The molecule has 2 aliphatic rings. The van der Waals surface area contributed by atoms with E-state index in [9.17, 15) is 4.79 Å². The second kappa shape index (κ2) is 9.26. The van der Waals surface area contributed by atoms with Gasteiger partial charge in [0.1, 0.15) is 0 Å². The molecule has 1 fully saturated rings. The van der Waals surface area contributed by atoms with Crippen LogP contribution in [0.2, 0.25) is 0 Å². The van der Waals surface area contributed by atoms with Crippen molar-refractivity contribution in [3.05, 3.63) is 29.3 Å². The predicted molar refractivity (Wildman–Crippen MR) is 115 cm³/mol. The van der Waals surface area contributed by atoms with Crippen LogP contribution in [-0.2, 0) is 10.2 Å². The Balaban J connectivity index is 1.70. The number of nitrogens with zero attached hydrogens (tertiary/aromatic N) is 1. The van der Waals surface area contributed by atoms with Crippen LogP contribution in [0.25, 0.3) is 0 Å². The molecule has 1 saturated carbocycles. The smallest absolute Gasteiger partial charge is 0.227 e. The van der Waals surface area contributed by atoms with Crippen LogP contribution in [0.3, 0.4) is 0 Å². The quantitative estimate of drug-likeness (QED) is 0.455. The lowest BCUT2D eigenvalue weighted by Crippen LogP contribution is -2.36. The Morgan fingerprint density at radius 3 is 2.59 bits per heavy atom. The minimum atomic E-state index is 0.126. The number of carbonyl (C=O) groups excluding carboxylic acids is 1. The lowest BCUT2D eigenvalue weighted by atomic mass is 9.72. The van der Waals surface area contributed by atoms with Crippen molar-refractivity contribution in [3.8, 4) is 0 Å². The van der Waals surface area contributed by atoms with E-state index in [-0.39, 0.29) is 5.41 Å². The van der Waals surface area contributed by atoms with E-state index < -0.39 is 0 Å². The van der Waals surface area contributed by atoms with Gasteiger partial charge in [0.25, 0.3) is 0 Å². The average Bonchev–Trinajstić information content (AvgIpc) is 2.94. The Kier molecular flexibility index (Phi) is 7.00. The molecule has 0 saturated heterocycles. The molecule has 0 spiro atoms. The Labute approximate surface area is 166 Å². The standard InChI is InChI=1S/C25H39NO/c1-4-5-6-7-11-14-24(27)26-19-25(3,18-21-12-9-8-10-13-21)22-17-20(2)15-16-23(22)26/h15-17,21H,4-14,18-19H2,1-3H3. The maximum absolute atomic E-state index is 13.0. The summed E-state index contributed by atoms with van der Waals surface area (Å²) in [6.45, 7) is 7.71. The Morgan fingerprint density at radius 1 is 1.11 bits per heavy atom. The minimum absolute atomic E-state index is 0.126. The van der Waals surface area contributed by atoms with Crippen LogP contribution in [0.4, 0.5) is 5.69 Å². The number of unbranched alkanes of at least 4 members (excludes halogenated alkanes) is 4. The number of aryl methyl sites for hydroxylation is 1. The van der Waals surface area contributed by atoms with E-state index in [1.807, 2.05) is 0 Å². The SMILES string of the molecule is CCCCCCCC(=O)N1CC(C)(CC2CCCCC2)c2cc(C)ccc21. The number of benzene rings is 1. The molecule has 150 valence electrons. The zero-order valence-electron chi connectivity index (χ0n) is 17.9. The first-order valence-electron chi connectivity index (χ1n) is 11.4. The normalized spacial score (nSPS) is 22.9. The van der Waals surface area contributed by atoms with E-state index in [0.717, 1.165) is 18.9 Å². The summed E-state index contributed by atoms with van der Waals surface area (Å²) >= 11 is 0. The van der Waals surface area contributed by atoms with Crippen LogP contribution in [0.15, 0.2) is 18.2 Å². The van der Waals surface area contributed by atoms with Gasteiger partial charge in [0.05, 0.1) is 0 Å². The van der Waals surface area contributed by atoms with Crippen LogP contribution < -0.4 is 4.90 Å². The fourth-order valence-electron chi connectivity index (χ4n) is 5.33. The highest BCUT2D eigenvalue weighted by molar-refractivity contribution is 5.96. The average molecular weight is 370 g/mol. The Hall–Kier alpha value is -1.31. The first-order chi connectivity index (χ1) is 13.0. The molecule has 1 unspecified atom stereocenters. The van der Waals surface area contributed by atoms with Gasteiger partial charge < -0.3 is 4.90 Å². The minimum Gasteiger partial charge on any atom is -0.311 e. The Bertz CT molecular complexity index is 631. The van der Waals surface area contributed by atoms with E-state index in [1.165, 1.54) is 81.0 Å². The van der Waals surface area contributed by atoms with Crippen molar-refractivity contribution in [1.82, 2.24) is 0 Å². The molecule has 1 amide bonds. The van der Waals surface area contributed by atoms with Crippen LogP contribution in [-0.4, -0.2) is 12.5 Å². The van der Waals surface area contributed by atoms with Crippen molar-refractivity contribution in [2.24, 2.45) is 5.92 Å². The highest BCUT2D eigenvalue weighted by Crippen LogP contribution is 2.47. The van der Waals surface area contributed by atoms with Crippen LogP contribution >= 0.6 is 0 Å². The summed E-state index contributed by atoms with van der Waals surface area (Å²) in [5, 5.41) is 0. The zero-order chi connectivity index (χ0) is 19.3. The molecule has 1 aromatic carbocycles. The molecule has 2 nitrogen and oxygen atoms in total. The highest BCUT2D eigenvalue weighted by Gasteiger charge is 2.42. The molecule has 1 aliphatic carbocycles. The molecular formula is C25H39NO. The molecule has 1 atom stereocenters. The van der Waals surface area contributed by atoms with Crippen molar-refractivity contribution in [2.45, 2.75) is 103 Å². The lowest BCUT2D eigenvalue weighted by molar-refractivity contribution is -0.118. The van der Waals surface area contributed by atoms with Crippen LogP contribution in [0.1, 0.15) is 102 Å². The summed E-state index contributed by atoms with van der Waals surface area (Å²) in [6.07, 6.45) is 14.9. The zero-order valence-corrected chi connectivity index (χ0v) is 17.9. The number of hydrogen-bond acceptors (Lipinski definition) is 1. The largest absolute Gasteiger partial charge is 0.311 e. The van der Waals surface area contributed by atoms with Gasteiger partial charge in [-0.1, -0.05) is 89.3 Å². The molecule has 2 heteroatoms. The molecule has 0 radical (unpaired) electrons. The number of hydrogen-bond donors (Lipinski definition) is 0. The van der Waals surface area contributed by atoms with Gasteiger partial charge in [0.15, 0.2) is 0 Å². The summed E-state index contributed by atoms with van der Waals surface area (Å²) in [4.78, 5) is 15.2. The molecular weight excluding hydrogens is 330 g/mol. The third kappa shape index (κ3) is 4.95. The fraction of sp³-hybridized carbons (Fsp3) is 0.720. The number of carbonyl (C=O) groups is 1. The van der Waals surface area contributed by atoms with Crippen LogP contribution in [0, 0.1) is 12.8 Å². The molecule has 1 aliphatic heterocycles. The first-order valence-corrected chi connectivity index (χ1v) is 11.4. The topological polar surface area (TPSA) is 20.3 Å². The number of anilines is 1. The first kappa shape index (κ1) is 20.4. The van der Waals surface area contributed by atoms with Crippen molar-refractivity contribution in [3.63, 3.8) is 0 Å². The van der Waals surface area contributed by atoms with E-state index in [0.29, 0.717) is 12.3 Å². The van der Waals surface area contributed by atoms with Gasteiger partial charge in [-0.25, -0.2) is 0 Å². The molecule has 1 heterocycles. The molecule has 27 heavy (non-hydrogen) atoms. The summed E-state index contributed by atoms with van der Waals surface area (Å²) < 4.78 is 0. The van der Waals surface area contributed by atoms with Gasteiger partial charge >= 0.3 is 0 Å². The molecule has 0 aromatic heterocycles. The summed E-state index contributed by atoms with van der Waals surface area (Å²) in [5.74, 6) is 1.17. The number of rotatable bonds is 8. The van der Waals surface area contributed by atoms with Gasteiger partial charge in [0, 0.05) is 24.1 Å². The van der Waals surface area contributed by atoms with Crippen LogP contribution in [0.5, 0.6) is 0 Å². The monoisotopic (exact) mass is 369 g/mol. The maximum atomic E-state index is 13.0. The summed E-state index contributed by atoms with van der Waals surface area (Å²) in [5.41, 5.74) is 4.06. The van der Waals surface area contributed by atoms with E-state index in [4.69, 9.17) is 0 Å². The third-order valence-corrected chi connectivity index (χ3v) is 6.86. The van der Waals surface area contributed by atoms with E-state index in [1.54, 1.807) is 0 Å². The molecule has 0 bridgehead atoms. The number of amides is 1. The second-order valence-corrected chi connectivity index (χ2v) is 9.43. The van der Waals surface area contributed by atoms with Gasteiger partial charge in [-0.05, 0) is 37.3 Å².